The van der Waals surface area contributed by atoms with Crippen molar-refractivity contribution in [2.75, 3.05) is 5.75 Å². The van der Waals surface area contributed by atoms with Gasteiger partial charge in [-0.3, -0.25) is 9.36 Å². The van der Waals surface area contributed by atoms with E-state index in [4.69, 9.17) is 11.6 Å². The number of aromatic nitrogens is 3. The summed E-state index contributed by atoms with van der Waals surface area (Å²) in [5.74, 6) is 0.993. The smallest absolute Gasteiger partial charge is 0.230 e. The van der Waals surface area contributed by atoms with Crippen LogP contribution in [0.2, 0.25) is 5.02 Å². The van der Waals surface area contributed by atoms with Crippen LogP contribution < -0.4 is 5.32 Å². The van der Waals surface area contributed by atoms with Gasteiger partial charge in [0, 0.05) is 22.3 Å². The molecule has 1 amide bonds. The van der Waals surface area contributed by atoms with Crippen molar-refractivity contribution >= 4 is 29.3 Å². The van der Waals surface area contributed by atoms with E-state index in [1.165, 1.54) is 17.3 Å². The third kappa shape index (κ3) is 5.89. The molecule has 1 aromatic heterocycles. The van der Waals surface area contributed by atoms with Gasteiger partial charge in [-0.1, -0.05) is 75.3 Å². The number of carbonyl (C=O) groups is 1. The van der Waals surface area contributed by atoms with Crippen LogP contribution in [-0.2, 0) is 10.2 Å². The van der Waals surface area contributed by atoms with Gasteiger partial charge in [-0.2, -0.15) is 0 Å². The van der Waals surface area contributed by atoms with Crippen molar-refractivity contribution in [3.63, 3.8) is 0 Å². The van der Waals surface area contributed by atoms with Crippen molar-refractivity contribution < 1.29 is 4.79 Å². The zero-order valence-electron chi connectivity index (χ0n) is 18.6. The first-order valence-electron chi connectivity index (χ1n) is 10.4. The summed E-state index contributed by atoms with van der Waals surface area (Å²) in [5.41, 5.74) is 3.19. The average molecular weight is 457 g/mol. The Morgan fingerprint density at radius 3 is 2.32 bits per heavy atom. The zero-order chi connectivity index (χ0) is 22.6. The van der Waals surface area contributed by atoms with E-state index in [0.717, 1.165) is 23.5 Å². The standard InChI is InChI=1S/C24H29ClN4OS/c1-6-16(2)26-21(30)15-31-23-28-27-22(29(23)20-13-11-19(25)12-14-20)17-7-9-18(10-8-17)24(3,4)5/h7-14,16H,6,15H2,1-5H3,(H,26,30)/t16-/m0/s1. The van der Waals surface area contributed by atoms with Crippen molar-refractivity contribution in [3.8, 4) is 17.1 Å². The molecule has 0 aliphatic carbocycles. The SMILES string of the molecule is CC[C@H](C)NC(=O)CSc1nnc(-c2ccc(C(C)(C)C)cc2)n1-c1ccc(Cl)cc1. The van der Waals surface area contributed by atoms with Crippen LogP contribution in [0.25, 0.3) is 17.1 Å². The molecule has 2 aromatic carbocycles. The van der Waals surface area contributed by atoms with E-state index in [0.29, 0.717) is 10.2 Å². The fourth-order valence-electron chi connectivity index (χ4n) is 3.04. The van der Waals surface area contributed by atoms with Gasteiger partial charge in [-0.25, -0.2) is 0 Å². The Labute approximate surface area is 193 Å². The highest BCUT2D eigenvalue weighted by Gasteiger charge is 2.19. The molecule has 1 atom stereocenters. The normalized spacial score (nSPS) is 12.6. The first-order valence-corrected chi connectivity index (χ1v) is 11.8. The number of nitrogens with zero attached hydrogens (tertiary/aromatic N) is 3. The number of hydrogen-bond donors (Lipinski definition) is 1. The van der Waals surface area contributed by atoms with Crippen LogP contribution in [0.5, 0.6) is 0 Å². The molecular formula is C24H29ClN4OS. The minimum Gasteiger partial charge on any atom is -0.353 e. The summed E-state index contributed by atoms with van der Waals surface area (Å²) in [7, 11) is 0. The monoisotopic (exact) mass is 456 g/mol. The Bertz CT molecular complexity index is 1020. The molecule has 0 spiro atoms. The number of halogens is 1. The lowest BCUT2D eigenvalue weighted by Gasteiger charge is -2.19. The molecule has 0 unspecified atom stereocenters. The van der Waals surface area contributed by atoms with E-state index in [1.807, 2.05) is 42.7 Å². The third-order valence-electron chi connectivity index (χ3n) is 5.08. The Morgan fingerprint density at radius 1 is 1.10 bits per heavy atom. The fraction of sp³-hybridized carbons (Fsp3) is 0.375. The van der Waals surface area contributed by atoms with E-state index < -0.39 is 0 Å². The molecule has 0 aliphatic heterocycles. The summed E-state index contributed by atoms with van der Waals surface area (Å²) in [5, 5.41) is 13.2. The van der Waals surface area contributed by atoms with Gasteiger partial charge in [0.05, 0.1) is 5.75 Å². The van der Waals surface area contributed by atoms with Crippen LogP contribution in [0.4, 0.5) is 0 Å². The molecule has 0 aliphatic rings. The lowest BCUT2D eigenvalue weighted by Crippen LogP contribution is -2.33. The number of carbonyl (C=O) groups excluding carboxylic acids is 1. The Morgan fingerprint density at radius 2 is 1.74 bits per heavy atom. The molecule has 0 radical (unpaired) electrons. The van der Waals surface area contributed by atoms with Crippen LogP contribution in [-0.4, -0.2) is 32.5 Å². The van der Waals surface area contributed by atoms with Gasteiger partial charge in [0.1, 0.15) is 0 Å². The summed E-state index contributed by atoms with van der Waals surface area (Å²) in [6.45, 7) is 10.6. The molecule has 1 heterocycles. The van der Waals surface area contributed by atoms with E-state index in [9.17, 15) is 4.79 Å². The molecule has 3 rings (SSSR count). The largest absolute Gasteiger partial charge is 0.353 e. The maximum Gasteiger partial charge on any atom is 0.230 e. The van der Waals surface area contributed by atoms with Crippen molar-refractivity contribution in [2.24, 2.45) is 0 Å². The molecule has 0 fully saturated rings. The molecule has 0 bridgehead atoms. The molecule has 5 nitrogen and oxygen atoms in total. The second-order valence-electron chi connectivity index (χ2n) is 8.61. The minimum absolute atomic E-state index is 0.0129. The summed E-state index contributed by atoms with van der Waals surface area (Å²) < 4.78 is 1.98. The van der Waals surface area contributed by atoms with Crippen LogP contribution in [0.3, 0.4) is 0 Å². The average Bonchev–Trinajstić information content (AvgIpc) is 3.16. The first kappa shape index (κ1) is 23.4. The van der Waals surface area contributed by atoms with Crippen molar-refractivity contribution in [2.45, 2.75) is 57.7 Å². The number of nitrogens with one attached hydrogen (secondary N) is 1. The predicted molar refractivity (Wildman–Crippen MR) is 129 cm³/mol. The third-order valence-corrected chi connectivity index (χ3v) is 6.26. The Hall–Kier alpha value is -2.31. The van der Waals surface area contributed by atoms with Crippen molar-refractivity contribution in [1.29, 1.82) is 0 Å². The number of amides is 1. The van der Waals surface area contributed by atoms with Crippen molar-refractivity contribution in [1.82, 2.24) is 20.1 Å². The van der Waals surface area contributed by atoms with Gasteiger partial charge in [-0.05, 0) is 48.6 Å². The van der Waals surface area contributed by atoms with Gasteiger partial charge in [-0.15, -0.1) is 10.2 Å². The van der Waals surface area contributed by atoms with Crippen LogP contribution >= 0.6 is 23.4 Å². The van der Waals surface area contributed by atoms with Crippen LogP contribution in [0.15, 0.2) is 53.7 Å². The highest BCUT2D eigenvalue weighted by atomic mass is 35.5. The number of hydrogen-bond acceptors (Lipinski definition) is 4. The predicted octanol–water partition coefficient (Wildman–Crippen LogP) is 5.89. The molecule has 1 N–H and O–H groups in total. The molecule has 7 heteroatoms. The fourth-order valence-corrected chi connectivity index (χ4v) is 3.93. The highest BCUT2D eigenvalue weighted by Crippen LogP contribution is 2.30. The summed E-state index contributed by atoms with van der Waals surface area (Å²) >= 11 is 7.47. The van der Waals surface area contributed by atoms with Gasteiger partial charge in [0.15, 0.2) is 11.0 Å². The molecule has 164 valence electrons. The van der Waals surface area contributed by atoms with Crippen molar-refractivity contribution in [3.05, 3.63) is 59.1 Å². The summed E-state index contributed by atoms with van der Waals surface area (Å²) in [4.78, 5) is 12.3. The minimum atomic E-state index is -0.0129. The zero-order valence-corrected chi connectivity index (χ0v) is 20.2. The molecule has 3 aromatic rings. The van der Waals surface area contributed by atoms with E-state index >= 15 is 0 Å². The van der Waals surface area contributed by atoms with Gasteiger partial charge in [0.25, 0.3) is 0 Å². The van der Waals surface area contributed by atoms with Crippen LogP contribution in [0.1, 0.15) is 46.6 Å². The first-order chi connectivity index (χ1) is 14.7. The maximum absolute atomic E-state index is 12.3. The molecule has 31 heavy (non-hydrogen) atoms. The lowest BCUT2D eigenvalue weighted by molar-refractivity contribution is -0.119. The van der Waals surface area contributed by atoms with Gasteiger partial charge < -0.3 is 5.32 Å². The summed E-state index contributed by atoms with van der Waals surface area (Å²) in [6, 6.07) is 16.1. The summed E-state index contributed by atoms with van der Waals surface area (Å²) in [6.07, 6.45) is 0.895. The molecule has 0 saturated heterocycles. The highest BCUT2D eigenvalue weighted by molar-refractivity contribution is 7.99. The second kappa shape index (κ2) is 9.88. The maximum atomic E-state index is 12.3. The Kier molecular flexibility index (Phi) is 7.44. The number of rotatable bonds is 7. The molecule has 0 saturated carbocycles. The van der Waals surface area contributed by atoms with E-state index in [2.05, 4.69) is 60.6 Å². The topological polar surface area (TPSA) is 59.8 Å². The number of benzene rings is 2. The van der Waals surface area contributed by atoms with Crippen LogP contribution in [0, 0.1) is 0 Å². The van der Waals surface area contributed by atoms with E-state index in [1.54, 1.807) is 0 Å². The Balaban J connectivity index is 1.94. The molecular weight excluding hydrogens is 428 g/mol. The van der Waals surface area contributed by atoms with Gasteiger partial charge >= 0.3 is 0 Å². The number of thioether (sulfide) groups is 1. The second-order valence-corrected chi connectivity index (χ2v) is 9.99. The lowest BCUT2D eigenvalue weighted by atomic mass is 9.87. The van der Waals surface area contributed by atoms with E-state index in [-0.39, 0.29) is 23.1 Å². The quantitative estimate of drug-likeness (QED) is 0.450. The van der Waals surface area contributed by atoms with Gasteiger partial charge in [0.2, 0.25) is 5.91 Å².